The van der Waals surface area contributed by atoms with Crippen molar-refractivity contribution in [1.29, 1.82) is 0 Å². The molecule has 2 heterocycles. The Kier molecular flexibility index (Phi) is 3.77. The van der Waals surface area contributed by atoms with Crippen LogP contribution in [0.1, 0.15) is 29.7 Å². The molecule has 0 unspecified atom stereocenters. The number of benzene rings is 1. The van der Waals surface area contributed by atoms with Crippen molar-refractivity contribution in [1.82, 2.24) is 9.97 Å². The molecule has 1 aromatic carbocycles. The highest BCUT2D eigenvalue weighted by atomic mass is 15.3. The third-order valence-corrected chi connectivity index (χ3v) is 3.58. The van der Waals surface area contributed by atoms with Gasteiger partial charge in [-0.15, -0.1) is 0 Å². The van der Waals surface area contributed by atoms with Gasteiger partial charge in [0.2, 0.25) is 5.95 Å². The standard InChI is InChI=1S/C17H19N3/c1-14-4-6-15(7-5-14)8-9-16-10-11-18-17(19-16)20-12-2-3-13-20/h4-11H,2-3,12-13H2,1H3/b9-8+. The van der Waals surface area contributed by atoms with Crippen molar-refractivity contribution >= 4 is 18.1 Å². The third kappa shape index (κ3) is 3.05. The topological polar surface area (TPSA) is 29.0 Å². The molecule has 0 bridgehead atoms. The molecule has 3 rings (SSSR count). The van der Waals surface area contributed by atoms with Crippen molar-refractivity contribution in [3.8, 4) is 0 Å². The number of aryl methyl sites for hydroxylation is 1. The second-order valence-corrected chi connectivity index (χ2v) is 5.22. The van der Waals surface area contributed by atoms with E-state index in [1.54, 1.807) is 0 Å². The number of aromatic nitrogens is 2. The maximum Gasteiger partial charge on any atom is 0.225 e. The second kappa shape index (κ2) is 5.87. The van der Waals surface area contributed by atoms with Crippen molar-refractivity contribution in [2.45, 2.75) is 19.8 Å². The van der Waals surface area contributed by atoms with Gasteiger partial charge in [0.15, 0.2) is 0 Å². The Morgan fingerprint density at radius 2 is 1.75 bits per heavy atom. The Labute approximate surface area is 120 Å². The molecule has 2 aromatic rings. The quantitative estimate of drug-likeness (QED) is 0.849. The molecular formula is C17H19N3. The Bertz CT molecular complexity index is 596. The maximum atomic E-state index is 4.62. The fraction of sp³-hybridized carbons (Fsp3) is 0.294. The van der Waals surface area contributed by atoms with Crippen LogP contribution < -0.4 is 4.90 Å². The highest BCUT2D eigenvalue weighted by Crippen LogP contribution is 2.16. The Balaban J connectivity index is 1.76. The van der Waals surface area contributed by atoms with E-state index in [0.717, 1.165) is 24.7 Å². The summed E-state index contributed by atoms with van der Waals surface area (Å²) in [6.45, 7) is 4.25. The first-order chi connectivity index (χ1) is 9.81. The fourth-order valence-electron chi connectivity index (χ4n) is 2.38. The lowest BCUT2D eigenvalue weighted by atomic mass is 10.1. The van der Waals surface area contributed by atoms with Crippen LogP contribution in [-0.2, 0) is 0 Å². The predicted molar refractivity (Wildman–Crippen MR) is 83.6 cm³/mol. The van der Waals surface area contributed by atoms with Crippen LogP contribution in [0.3, 0.4) is 0 Å². The van der Waals surface area contributed by atoms with Crippen LogP contribution in [0, 0.1) is 6.92 Å². The lowest BCUT2D eigenvalue weighted by molar-refractivity contribution is 0.896. The summed E-state index contributed by atoms with van der Waals surface area (Å²) in [5.41, 5.74) is 3.43. The van der Waals surface area contributed by atoms with Gasteiger partial charge < -0.3 is 4.90 Å². The average Bonchev–Trinajstić information content (AvgIpc) is 3.01. The largest absolute Gasteiger partial charge is 0.341 e. The highest BCUT2D eigenvalue weighted by Gasteiger charge is 2.14. The number of rotatable bonds is 3. The van der Waals surface area contributed by atoms with Crippen molar-refractivity contribution in [3.05, 3.63) is 53.3 Å². The number of hydrogen-bond donors (Lipinski definition) is 0. The molecule has 0 radical (unpaired) electrons. The van der Waals surface area contributed by atoms with E-state index in [1.165, 1.54) is 24.0 Å². The first-order valence-electron chi connectivity index (χ1n) is 7.14. The summed E-state index contributed by atoms with van der Waals surface area (Å²) < 4.78 is 0. The summed E-state index contributed by atoms with van der Waals surface area (Å²) >= 11 is 0. The van der Waals surface area contributed by atoms with Gasteiger partial charge >= 0.3 is 0 Å². The molecule has 0 aliphatic carbocycles. The molecule has 0 spiro atoms. The van der Waals surface area contributed by atoms with Gasteiger partial charge in [-0.25, -0.2) is 9.97 Å². The number of anilines is 1. The smallest absolute Gasteiger partial charge is 0.225 e. The van der Waals surface area contributed by atoms with Gasteiger partial charge in [0.25, 0.3) is 0 Å². The minimum Gasteiger partial charge on any atom is -0.341 e. The van der Waals surface area contributed by atoms with Crippen molar-refractivity contribution in [3.63, 3.8) is 0 Å². The van der Waals surface area contributed by atoms with E-state index in [-0.39, 0.29) is 0 Å². The molecule has 0 atom stereocenters. The normalized spacial score (nSPS) is 15.2. The number of hydrogen-bond acceptors (Lipinski definition) is 3. The first kappa shape index (κ1) is 12.9. The van der Waals surface area contributed by atoms with Gasteiger partial charge in [0.05, 0.1) is 5.69 Å². The van der Waals surface area contributed by atoms with Crippen LogP contribution in [0.25, 0.3) is 12.2 Å². The molecule has 3 nitrogen and oxygen atoms in total. The molecule has 1 aliphatic heterocycles. The lowest BCUT2D eigenvalue weighted by Crippen LogP contribution is -2.20. The zero-order chi connectivity index (χ0) is 13.8. The minimum absolute atomic E-state index is 0.855. The predicted octanol–water partition coefficient (Wildman–Crippen LogP) is 3.56. The molecular weight excluding hydrogens is 246 g/mol. The van der Waals surface area contributed by atoms with Crippen LogP contribution in [0.4, 0.5) is 5.95 Å². The van der Waals surface area contributed by atoms with Gasteiger partial charge in [-0.2, -0.15) is 0 Å². The molecule has 1 fully saturated rings. The zero-order valence-electron chi connectivity index (χ0n) is 11.8. The van der Waals surface area contributed by atoms with E-state index in [4.69, 9.17) is 0 Å². The zero-order valence-corrected chi connectivity index (χ0v) is 11.8. The number of nitrogens with zero attached hydrogens (tertiary/aromatic N) is 3. The van der Waals surface area contributed by atoms with Crippen molar-refractivity contribution in [2.24, 2.45) is 0 Å². The molecule has 1 saturated heterocycles. The van der Waals surface area contributed by atoms with Crippen LogP contribution >= 0.6 is 0 Å². The minimum atomic E-state index is 0.855. The van der Waals surface area contributed by atoms with E-state index in [1.807, 2.05) is 18.3 Å². The molecule has 1 aromatic heterocycles. The van der Waals surface area contributed by atoms with Crippen molar-refractivity contribution < 1.29 is 0 Å². The van der Waals surface area contributed by atoms with Crippen LogP contribution in [0.2, 0.25) is 0 Å². The molecule has 0 saturated carbocycles. The lowest BCUT2D eigenvalue weighted by Gasteiger charge is -2.14. The monoisotopic (exact) mass is 265 g/mol. The van der Waals surface area contributed by atoms with Gasteiger partial charge in [0, 0.05) is 19.3 Å². The SMILES string of the molecule is Cc1ccc(/C=C/c2ccnc(N3CCCC3)n2)cc1. The Hall–Kier alpha value is -2.16. The summed E-state index contributed by atoms with van der Waals surface area (Å²) in [5, 5.41) is 0. The Morgan fingerprint density at radius 3 is 2.50 bits per heavy atom. The molecule has 3 heteroatoms. The van der Waals surface area contributed by atoms with Gasteiger partial charge in [-0.3, -0.25) is 0 Å². The first-order valence-corrected chi connectivity index (χ1v) is 7.14. The summed E-state index contributed by atoms with van der Waals surface area (Å²) in [6.07, 6.45) is 8.47. The maximum absolute atomic E-state index is 4.62. The van der Waals surface area contributed by atoms with E-state index in [9.17, 15) is 0 Å². The third-order valence-electron chi connectivity index (χ3n) is 3.58. The molecule has 20 heavy (non-hydrogen) atoms. The van der Waals surface area contributed by atoms with E-state index in [2.05, 4.69) is 52.1 Å². The highest BCUT2D eigenvalue weighted by molar-refractivity contribution is 5.68. The summed E-state index contributed by atoms with van der Waals surface area (Å²) in [4.78, 5) is 11.2. The molecule has 0 amide bonds. The molecule has 0 N–H and O–H groups in total. The van der Waals surface area contributed by atoms with Gasteiger partial charge in [0.1, 0.15) is 0 Å². The molecule has 1 aliphatic rings. The van der Waals surface area contributed by atoms with Crippen LogP contribution in [0.5, 0.6) is 0 Å². The van der Waals surface area contributed by atoms with Gasteiger partial charge in [-0.05, 0) is 37.5 Å². The molecule has 102 valence electrons. The van der Waals surface area contributed by atoms with E-state index >= 15 is 0 Å². The Morgan fingerprint density at radius 1 is 1.00 bits per heavy atom. The van der Waals surface area contributed by atoms with Gasteiger partial charge in [-0.1, -0.05) is 35.9 Å². The fourth-order valence-corrected chi connectivity index (χ4v) is 2.38. The van der Waals surface area contributed by atoms with E-state index in [0.29, 0.717) is 0 Å². The summed E-state index contributed by atoms with van der Waals surface area (Å²) in [7, 11) is 0. The van der Waals surface area contributed by atoms with Crippen LogP contribution in [-0.4, -0.2) is 23.1 Å². The van der Waals surface area contributed by atoms with E-state index < -0.39 is 0 Å². The summed E-state index contributed by atoms with van der Waals surface area (Å²) in [6, 6.07) is 10.4. The van der Waals surface area contributed by atoms with Crippen LogP contribution in [0.15, 0.2) is 36.5 Å². The van der Waals surface area contributed by atoms with Crippen molar-refractivity contribution in [2.75, 3.05) is 18.0 Å². The average molecular weight is 265 g/mol. The summed E-state index contributed by atoms with van der Waals surface area (Å²) in [5.74, 6) is 0.855. The second-order valence-electron chi connectivity index (χ2n) is 5.22.